The Morgan fingerprint density at radius 3 is 2.86 bits per heavy atom. The van der Waals surface area contributed by atoms with Crippen molar-refractivity contribution in [2.24, 2.45) is 10.7 Å². The van der Waals surface area contributed by atoms with Crippen LogP contribution in [0.25, 0.3) is 0 Å². The highest BCUT2D eigenvalue weighted by atomic mass is 35.5. The van der Waals surface area contributed by atoms with Gasteiger partial charge in [0.05, 0.1) is 28.4 Å². The molecule has 2 aromatic rings. The van der Waals surface area contributed by atoms with Crippen molar-refractivity contribution in [1.82, 2.24) is 9.97 Å². The van der Waals surface area contributed by atoms with Gasteiger partial charge in [0.25, 0.3) is 0 Å². The minimum atomic E-state index is -0.567. The highest BCUT2D eigenvalue weighted by Crippen LogP contribution is 2.17. The number of anilines is 1. The predicted octanol–water partition coefficient (Wildman–Crippen LogP) is 1.74. The average Bonchev–Trinajstić information content (AvgIpc) is 2.43. The van der Waals surface area contributed by atoms with Gasteiger partial charge in [-0.2, -0.15) is 0 Å². The fourth-order valence-electron chi connectivity index (χ4n) is 1.76. The predicted molar refractivity (Wildman–Crippen MR) is 82.4 cm³/mol. The largest absolute Gasteiger partial charge is 0.383 e. The number of hydrogen-bond donors (Lipinski definition) is 2. The molecular weight excluding hydrogens is 290 g/mol. The number of nitrogen functional groups attached to an aromatic ring is 1. The summed E-state index contributed by atoms with van der Waals surface area (Å²) in [5, 5.41) is 0.326. The molecule has 6 nitrogen and oxygen atoms in total. The Hall–Kier alpha value is -2.47. The Bertz CT molecular complexity index is 694. The lowest BCUT2D eigenvalue weighted by Gasteiger charge is -2.04. The van der Waals surface area contributed by atoms with Gasteiger partial charge in [0, 0.05) is 6.21 Å². The molecule has 0 aliphatic heterocycles. The fraction of sp³-hybridized carbons (Fsp3) is 0.143. The summed E-state index contributed by atoms with van der Waals surface area (Å²) in [5.41, 5.74) is 13.5. The van der Waals surface area contributed by atoms with Crippen LogP contribution in [0.4, 0.5) is 5.82 Å². The van der Waals surface area contributed by atoms with E-state index >= 15 is 0 Å². The van der Waals surface area contributed by atoms with Crippen molar-refractivity contribution in [3.8, 4) is 0 Å². The molecule has 1 aromatic heterocycles. The Labute approximate surface area is 126 Å². The van der Waals surface area contributed by atoms with Crippen LogP contribution in [0.1, 0.15) is 27.2 Å². The molecule has 21 heavy (non-hydrogen) atoms. The first-order chi connectivity index (χ1) is 9.99. The minimum absolute atomic E-state index is 0.281. The van der Waals surface area contributed by atoms with Crippen LogP contribution < -0.4 is 11.5 Å². The normalized spacial score (nSPS) is 11.0. The maximum Gasteiger partial charge on any atom is 0.250 e. The van der Waals surface area contributed by atoms with Gasteiger partial charge in [-0.05, 0) is 24.6 Å². The first-order valence-electron chi connectivity index (χ1n) is 6.14. The lowest BCUT2D eigenvalue weighted by molar-refractivity contribution is 0.100. The van der Waals surface area contributed by atoms with Crippen molar-refractivity contribution in [2.45, 2.75) is 13.5 Å². The Balaban J connectivity index is 2.18. The van der Waals surface area contributed by atoms with Gasteiger partial charge in [-0.25, -0.2) is 9.97 Å². The number of nitrogens with two attached hydrogens (primary N) is 2. The number of rotatable bonds is 4. The molecule has 1 amide bonds. The summed E-state index contributed by atoms with van der Waals surface area (Å²) in [6.45, 7) is 2.19. The molecule has 0 aliphatic carbocycles. The van der Waals surface area contributed by atoms with E-state index in [-0.39, 0.29) is 5.56 Å². The molecular formula is C14H14ClN5O. The summed E-state index contributed by atoms with van der Waals surface area (Å²) in [7, 11) is 0. The lowest BCUT2D eigenvalue weighted by atomic mass is 10.1. The van der Waals surface area contributed by atoms with Crippen LogP contribution in [0.2, 0.25) is 5.02 Å². The van der Waals surface area contributed by atoms with E-state index in [0.29, 0.717) is 22.9 Å². The molecule has 108 valence electrons. The number of aryl methyl sites for hydroxylation is 1. The molecule has 0 atom stereocenters. The second kappa shape index (κ2) is 6.32. The van der Waals surface area contributed by atoms with Crippen molar-refractivity contribution in [3.63, 3.8) is 0 Å². The minimum Gasteiger partial charge on any atom is -0.383 e. The van der Waals surface area contributed by atoms with E-state index in [0.717, 1.165) is 11.3 Å². The van der Waals surface area contributed by atoms with E-state index in [2.05, 4.69) is 15.0 Å². The van der Waals surface area contributed by atoms with Crippen LogP contribution in [0.15, 0.2) is 29.5 Å². The number of aliphatic imine (C=N–C) groups is 1. The summed E-state index contributed by atoms with van der Waals surface area (Å²) in [5.74, 6) is -0.192. The molecule has 7 heteroatoms. The topological polar surface area (TPSA) is 107 Å². The maximum atomic E-state index is 11.2. The molecule has 2 rings (SSSR count). The molecule has 4 N–H and O–H groups in total. The molecule has 0 bridgehead atoms. The third-order valence-electron chi connectivity index (χ3n) is 2.90. The van der Waals surface area contributed by atoms with Crippen molar-refractivity contribution in [1.29, 1.82) is 0 Å². The molecule has 0 spiro atoms. The summed E-state index contributed by atoms with van der Waals surface area (Å²) in [6, 6.07) is 5.03. The van der Waals surface area contributed by atoms with Crippen LogP contribution in [-0.4, -0.2) is 22.1 Å². The Kier molecular flexibility index (Phi) is 4.49. The van der Waals surface area contributed by atoms with E-state index in [9.17, 15) is 4.79 Å². The summed E-state index contributed by atoms with van der Waals surface area (Å²) in [6.07, 6.45) is 3.02. The van der Waals surface area contributed by atoms with Crippen LogP contribution in [0, 0.1) is 6.92 Å². The fourth-order valence-corrected chi connectivity index (χ4v) is 1.97. The van der Waals surface area contributed by atoms with Crippen molar-refractivity contribution in [2.75, 3.05) is 5.73 Å². The molecule has 0 unspecified atom stereocenters. The van der Waals surface area contributed by atoms with Crippen molar-refractivity contribution in [3.05, 3.63) is 51.9 Å². The van der Waals surface area contributed by atoms with E-state index in [1.807, 2.05) is 6.92 Å². The Morgan fingerprint density at radius 2 is 2.19 bits per heavy atom. The second-order valence-corrected chi connectivity index (χ2v) is 4.81. The number of amides is 1. The monoisotopic (exact) mass is 303 g/mol. The number of aromatic nitrogens is 2. The highest BCUT2D eigenvalue weighted by Gasteiger charge is 2.07. The summed E-state index contributed by atoms with van der Waals surface area (Å²) < 4.78 is 0. The van der Waals surface area contributed by atoms with Crippen molar-refractivity contribution < 1.29 is 4.79 Å². The number of nitrogens with zero attached hydrogens (tertiary/aromatic N) is 3. The van der Waals surface area contributed by atoms with Gasteiger partial charge >= 0.3 is 0 Å². The van der Waals surface area contributed by atoms with E-state index in [1.54, 1.807) is 24.4 Å². The number of halogens is 1. The SMILES string of the molecule is Cc1ncnc(N)c1C=NCc1ccc(Cl)c(C(N)=O)c1. The first-order valence-corrected chi connectivity index (χ1v) is 6.52. The molecule has 0 saturated carbocycles. The molecule has 1 heterocycles. The number of carbonyl (C=O) groups is 1. The van der Waals surface area contributed by atoms with Gasteiger partial charge < -0.3 is 11.5 Å². The molecule has 0 radical (unpaired) electrons. The van der Waals surface area contributed by atoms with Crippen LogP contribution in [0.5, 0.6) is 0 Å². The van der Waals surface area contributed by atoms with Crippen LogP contribution in [-0.2, 0) is 6.54 Å². The number of carbonyl (C=O) groups excluding carboxylic acids is 1. The summed E-state index contributed by atoms with van der Waals surface area (Å²) >= 11 is 5.89. The average molecular weight is 304 g/mol. The van der Waals surface area contributed by atoms with E-state index < -0.39 is 5.91 Å². The van der Waals surface area contributed by atoms with Crippen molar-refractivity contribution >= 4 is 29.5 Å². The number of benzene rings is 1. The zero-order valence-electron chi connectivity index (χ0n) is 11.4. The van der Waals surface area contributed by atoms with Gasteiger partial charge in [-0.15, -0.1) is 0 Å². The maximum absolute atomic E-state index is 11.2. The van der Waals surface area contributed by atoms with Gasteiger partial charge in [0.15, 0.2) is 0 Å². The van der Waals surface area contributed by atoms with Gasteiger partial charge in [0.1, 0.15) is 12.1 Å². The molecule has 1 aromatic carbocycles. The quantitative estimate of drug-likeness (QED) is 0.839. The molecule has 0 aliphatic rings. The highest BCUT2D eigenvalue weighted by molar-refractivity contribution is 6.33. The van der Waals surface area contributed by atoms with E-state index in [4.69, 9.17) is 23.1 Å². The van der Waals surface area contributed by atoms with Gasteiger partial charge in [-0.3, -0.25) is 9.79 Å². The molecule has 0 fully saturated rings. The van der Waals surface area contributed by atoms with Gasteiger partial charge in [-0.1, -0.05) is 17.7 Å². The smallest absolute Gasteiger partial charge is 0.250 e. The third kappa shape index (κ3) is 3.55. The number of primary amides is 1. The standard InChI is InChI=1S/C14H14ClN5O/c1-8-11(13(16)20-7-19-8)6-18-5-9-2-3-12(15)10(4-9)14(17)21/h2-4,6-7H,5H2,1H3,(H2,17,21)(H2,16,19,20). The first kappa shape index (κ1) is 14.9. The summed E-state index contributed by atoms with van der Waals surface area (Å²) in [4.78, 5) is 23.5. The zero-order chi connectivity index (χ0) is 15.4. The zero-order valence-corrected chi connectivity index (χ0v) is 12.1. The molecule has 0 saturated heterocycles. The second-order valence-electron chi connectivity index (χ2n) is 4.41. The number of hydrogen-bond acceptors (Lipinski definition) is 5. The van der Waals surface area contributed by atoms with Crippen LogP contribution >= 0.6 is 11.6 Å². The van der Waals surface area contributed by atoms with E-state index in [1.165, 1.54) is 6.33 Å². The van der Waals surface area contributed by atoms with Crippen LogP contribution in [0.3, 0.4) is 0 Å². The van der Waals surface area contributed by atoms with Gasteiger partial charge in [0.2, 0.25) is 5.91 Å². The third-order valence-corrected chi connectivity index (χ3v) is 3.23. The lowest BCUT2D eigenvalue weighted by Crippen LogP contribution is -2.11. The Morgan fingerprint density at radius 1 is 1.43 bits per heavy atom.